The molecule has 2 rings (SSSR count). The van der Waals surface area contributed by atoms with Crippen molar-refractivity contribution in [1.29, 1.82) is 0 Å². The molecule has 5 nitrogen and oxygen atoms in total. The minimum atomic E-state index is -0.997. The predicted molar refractivity (Wildman–Crippen MR) is 90.1 cm³/mol. The Kier molecular flexibility index (Phi) is 4.65. The summed E-state index contributed by atoms with van der Waals surface area (Å²) >= 11 is 1.19. The maximum atomic E-state index is 12.0. The second-order valence-electron chi connectivity index (χ2n) is 6.11. The lowest BCUT2D eigenvalue weighted by Crippen LogP contribution is -2.22. The Bertz CT molecular complexity index is 911. The number of carbonyl (C=O) groups excluding carboxylic acids is 1. The highest BCUT2D eigenvalue weighted by Crippen LogP contribution is 2.14. The van der Waals surface area contributed by atoms with Gasteiger partial charge in [0, 0.05) is 11.5 Å². The van der Waals surface area contributed by atoms with Gasteiger partial charge in [0.25, 0.3) is 5.56 Å². The fourth-order valence-corrected chi connectivity index (χ4v) is 2.62. The first-order valence-electron chi connectivity index (χ1n) is 6.97. The number of ketones is 1. The van der Waals surface area contributed by atoms with Crippen LogP contribution in [0, 0.1) is 5.41 Å². The van der Waals surface area contributed by atoms with Gasteiger partial charge in [-0.3, -0.25) is 9.59 Å². The van der Waals surface area contributed by atoms with Gasteiger partial charge in [-0.15, -0.1) is 11.3 Å². The van der Waals surface area contributed by atoms with E-state index in [1.165, 1.54) is 29.5 Å². The Morgan fingerprint density at radius 1 is 1.17 bits per heavy atom. The predicted octanol–water partition coefficient (Wildman–Crippen LogP) is 1.36. The van der Waals surface area contributed by atoms with Crippen LogP contribution in [0.1, 0.15) is 36.7 Å². The molecule has 1 aromatic carbocycles. The third-order valence-corrected chi connectivity index (χ3v) is 4.10. The summed E-state index contributed by atoms with van der Waals surface area (Å²) in [5, 5.41) is 8.86. The van der Waals surface area contributed by atoms with Crippen molar-refractivity contribution in [3.8, 4) is 0 Å². The molecule has 0 aliphatic rings. The van der Waals surface area contributed by atoms with E-state index in [-0.39, 0.29) is 16.9 Å². The van der Waals surface area contributed by atoms with Gasteiger partial charge in [-0.2, -0.15) is 0 Å². The molecule has 0 fully saturated rings. The molecule has 2 N–H and O–H groups in total. The molecule has 2 aromatic rings. The zero-order chi connectivity index (χ0) is 17.2. The number of benzene rings is 1. The highest BCUT2D eigenvalue weighted by molar-refractivity contribution is 7.07. The largest absolute Gasteiger partial charge is 0.478 e. The molecule has 0 aliphatic heterocycles. The summed E-state index contributed by atoms with van der Waals surface area (Å²) in [6.45, 7) is 5.44. The van der Waals surface area contributed by atoms with E-state index >= 15 is 0 Å². The lowest BCUT2D eigenvalue weighted by Gasteiger charge is -2.12. The van der Waals surface area contributed by atoms with Crippen molar-refractivity contribution in [2.24, 2.45) is 5.41 Å². The topological polar surface area (TPSA) is 87.2 Å². The molecule has 1 heterocycles. The van der Waals surface area contributed by atoms with Crippen LogP contribution in [0.5, 0.6) is 0 Å². The van der Waals surface area contributed by atoms with E-state index in [0.717, 1.165) is 5.56 Å². The molecule has 0 bridgehead atoms. The second kappa shape index (κ2) is 6.34. The van der Waals surface area contributed by atoms with Crippen molar-refractivity contribution in [3.05, 3.63) is 54.9 Å². The van der Waals surface area contributed by atoms with Crippen LogP contribution in [0.3, 0.4) is 0 Å². The fraction of sp³-hybridized carbons (Fsp3) is 0.235. The van der Waals surface area contributed by atoms with Crippen molar-refractivity contribution in [1.82, 2.24) is 4.98 Å². The van der Waals surface area contributed by atoms with Crippen LogP contribution >= 0.6 is 11.3 Å². The highest BCUT2D eigenvalue weighted by atomic mass is 32.1. The third-order valence-electron chi connectivity index (χ3n) is 3.14. The molecule has 23 heavy (non-hydrogen) atoms. The number of aromatic amines is 1. The fourth-order valence-electron chi connectivity index (χ4n) is 1.73. The standard InChI is InChI=1S/C17H17NO4S/c1-17(2,3)13(19)9-14-18-15(20)12(23-14)8-10-4-6-11(7-5-10)16(21)22/h4-9H,1-3H3,(H,18,20)(H,21,22)/b12-8-,14-9+. The van der Waals surface area contributed by atoms with Crippen molar-refractivity contribution in [3.63, 3.8) is 0 Å². The lowest BCUT2D eigenvalue weighted by atomic mass is 9.91. The average Bonchev–Trinajstić information content (AvgIpc) is 2.78. The summed E-state index contributed by atoms with van der Waals surface area (Å²) in [6, 6.07) is 6.22. The molecule has 120 valence electrons. The van der Waals surface area contributed by atoms with E-state index < -0.39 is 11.4 Å². The monoisotopic (exact) mass is 331 g/mol. The molecule has 1 aromatic heterocycles. The number of hydrogen-bond donors (Lipinski definition) is 2. The molecule has 0 unspecified atom stereocenters. The first-order chi connectivity index (χ1) is 10.7. The number of aromatic carboxylic acids is 1. The van der Waals surface area contributed by atoms with Gasteiger partial charge in [-0.1, -0.05) is 32.9 Å². The van der Waals surface area contributed by atoms with Gasteiger partial charge in [-0.05, 0) is 23.8 Å². The van der Waals surface area contributed by atoms with Gasteiger partial charge in [-0.25, -0.2) is 4.79 Å². The number of thiazole rings is 1. The number of Topliss-reactive ketones (excluding diaryl/α,β-unsaturated/α-hetero) is 1. The number of carbonyl (C=O) groups is 2. The van der Waals surface area contributed by atoms with Gasteiger partial charge in [0.05, 0.1) is 14.8 Å². The smallest absolute Gasteiger partial charge is 0.335 e. The normalized spacial score (nSPS) is 13.3. The number of nitrogens with one attached hydrogen (secondary N) is 1. The molecule has 0 radical (unpaired) electrons. The molecule has 0 saturated carbocycles. The maximum absolute atomic E-state index is 12.0. The van der Waals surface area contributed by atoms with Crippen molar-refractivity contribution in [2.75, 3.05) is 0 Å². The number of hydrogen-bond acceptors (Lipinski definition) is 4. The van der Waals surface area contributed by atoms with E-state index in [2.05, 4.69) is 4.98 Å². The van der Waals surface area contributed by atoms with E-state index in [0.29, 0.717) is 9.20 Å². The zero-order valence-electron chi connectivity index (χ0n) is 13.0. The summed E-state index contributed by atoms with van der Waals surface area (Å²) in [5.41, 5.74) is 0.130. The first-order valence-corrected chi connectivity index (χ1v) is 7.79. The van der Waals surface area contributed by atoms with E-state index in [1.807, 2.05) is 20.8 Å². The Labute approximate surface area is 136 Å². The van der Waals surface area contributed by atoms with Crippen molar-refractivity contribution >= 4 is 35.2 Å². The minimum absolute atomic E-state index is 0.0626. The Balaban J connectivity index is 2.42. The van der Waals surface area contributed by atoms with Crippen LogP contribution in [0.25, 0.3) is 12.2 Å². The van der Waals surface area contributed by atoms with Crippen molar-refractivity contribution in [2.45, 2.75) is 20.8 Å². The van der Waals surface area contributed by atoms with Crippen LogP contribution < -0.4 is 14.8 Å². The minimum Gasteiger partial charge on any atom is -0.478 e. The Morgan fingerprint density at radius 2 is 1.78 bits per heavy atom. The van der Waals surface area contributed by atoms with Gasteiger partial charge in [0.15, 0.2) is 5.78 Å². The van der Waals surface area contributed by atoms with Crippen molar-refractivity contribution < 1.29 is 14.7 Å². The first kappa shape index (κ1) is 16.9. The number of carboxylic acids is 1. The van der Waals surface area contributed by atoms with E-state index in [9.17, 15) is 14.4 Å². The van der Waals surface area contributed by atoms with Gasteiger partial charge < -0.3 is 10.1 Å². The Morgan fingerprint density at radius 3 is 2.30 bits per heavy atom. The van der Waals surface area contributed by atoms with E-state index in [4.69, 9.17) is 5.11 Å². The van der Waals surface area contributed by atoms with Gasteiger partial charge in [0.2, 0.25) is 0 Å². The van der Waals surface area contributed by atoms with Crippen LogP contribution in [0.4, 0.5) is 0 Å². The van der Waals surface area contributed by atoms with E-state index in [1.54, 1.807) is 18.2 Å². The van der Waals surface area contributed by atoms with Crippen LogP contribution in [0.15, 0.2) is 29.1 Å². The molecule has 0 atom stereocenters. The molecule has 0 spiro atoms. The molecular weight excluding hydrogens is 314 g/mol. The summed E-state index contributed by atoms with van der Waals surface area (Å²) in [5.74, 6) is -1.06. The molecule has 0 saturated heterocycles. The number of H-pyrrole nitrogens is 1. The number of rotatable bonds is 3. The second-order valence-corrected chi connectivity index (χ2v) is 7.20. The van der Waals surface area contributed by atoms with Crippen LogP contribution in [-0.4, -0.2) is 21.8 Å². The Hall–Kier alpha value is -2.47. The molecule has 0 aliphatic carbocycles. The SMILES string of the molecule is CC(C)(C)C(=O)/C=c1\[nH]c(=O)/c(=C/c2ccc(C(=O)O)cc2)s1. The third kappa shape index (κ3) is 4.26. The lowest BCUT2D eigenvalue weighted by molar-refractivity contribution is -0.119. The maximum Gasteiger partial charge on any atom is 0.335 e. The molecule has 6 heteroatoms. The average molecular weight is 331 g/mol. The summed E-state index contributed by atoms with van der Waals surface area (Å²) < 4.78 is 0.962. The zero-order valence-corrected chi connectivity index (χ0v) is 13.9. The number of aromatic nitrogens is 1. The summed E-state index contributed by atoms with van der Waals surface area (Å²) in [7, 11) is 0. The highest BCUT2D eigenvalue weighted by Gasteiger charge is 2.18. The summed E-state index contributed by atoms with van der Waals surface area (Å²) in [4.78, 5) is 37.4. The van der Waals surface area contributed by atoms with Crippen LogP contribution in [-0.2, 0) is 4.79 Å². The van der Waals surface area contributed by atoms with Gasteiger partial charge in [0.1, 0.15) is 0 Å². The van der Waals surface area contributed by atoms with Crippen LogP contribution in [0.2, 0.25) is 0 Å². The molecule has 0 amide bonds. The number of carboxylic acid groups (broad SMARTS) is 1. The molecular formula is C17H17NO4S. The van der Waals surface area contributed by atoms with Gasteiger partial charge >= 0.3 is 5.97 Å². The summed E-state index contributed by atoms with van der Waals surface area (Å²) in [6.07, 6.45) is 3.10. The quantitative estimate of drug-likeness (QED) is 0.889.